The number of furan rings is 1. The van der Waals surface area contributed by atoms with Crippen LogP contribution in [0, 0.1) is 0 Å². The Morgan fingerprint density at radius 1 is 0.381 bits per heavy atom. The Kier molecular flexibility index (Phi) is 5.82. The Morgan fingerprint density at radius 2 is 0.905 bits per heavy atom. The summed E-state index contributed by atoms with van der Waals surface area (Å²) in [6.45, 7) is 0. The summed E-state index contributed by atoms with van der Waals surface area (Å²) >= 11 is 0. The molecule has 42 heavy (non-hydrogen) atoms. The minimum Gasteiger partial charge on any atom is -0.455 e. The van der Waals surface area contributed by atoms with Gasteiger partial charge >= 0.3 is 0 Å². The summed E-state index contributed by atoms with van der Waals surface area (Å²) in [7, 11) is 0. The Morgan fingerprint density at radius 3 is 1.67 bits per heavy atom. The van der Waals surface area contributed by atoms with Crippen molar-refractivity contribution in [1.29, 1.82) is 0 Å². The maximum Gasteiger partial charge on any atom is 0.143 e. The molecule has 0 bridgehead atoms. The van der Waals surface area contributed by atoms with Gasteiger partial charge in [0.05, 0.1) is 5.69 Å². The molecule has 198 valence electrons. The van der Waals surface area contributed by atoms with Gasteiger partial charge < -0.3 is 9.32 Å². The van der Waals surface area contributed by atoms with Crippen molar-refractivity contribution in [2.75, 3.05) is 4.90 Å². The van der Waals surface area contributed by atoms with Crippen LogP contribution >= 0.6 is 0 Å². The zero-order valence-corrected chi connectivity index (χ0v) is 22.9. The van der Waals surface area contributed by atoms with E-state index in [1.54, 1.807) is 0 Å². The van der Waals surface area contributed by atoms with Crippen molar-refractivity contribution in [1.82, 2.24) is 0 Å². The van der Waals surface area contributed by atoms with Crippen molar-refractivity contribution in [2.45, 2.75) is 0 Å². The zero-order valence-electron chi connectivity index (χ0n) is 22.9. The van der Waals surface area contributed by atoms with Crippen LogP contribution in [0.4, 0.5) is 17.1 Å². The molecule has 1 heterocycles. The van der Waals surface area contributed by atoms with E-state index in [0.717, 1.165) is 61.3 Å². The van der Waals surface area contributed by atoms with Crippen LogP contribution in [0.5, 0.6) is 0 Å². The maximum absolute atomic E-state index is 6.74. The summed E-state index contributed by atoms with van der Waals surface area (Å²) in [5.41, 5.74) is 9.62. The van der Waals surface area contributed by atoms with Crippen LogP contribution in [0.25, 0.3) is 55.0 Å². The molecule has 0 N–H and O–H groups in total. The second-order valence-corrected chi connectivity index (χ2v) is 10.6. The molecular formula is C40H27NO. The van der Waals surface area contributed by atoms with Gasteiger partial charge in [-0.25, -0.2) is 0 Å². The molecule has 8 rings (SSSR count). The lowest BCUT2D eigenvalue weighted by molar-refractivity contribution is 0.671. The Balaban J connectivity index is 1.32. The van der Waals surface area contributed by atoms with Gasteiger partial charge in [0.25, 0.3) is 0 Å². The van der Waals surface area contributed by atoms with Crippen LogP contribution in [0.3, 0.4) is 0 Å². The van der Waals surface area contributed by atoms with Crippen LogP contribution in [0.2, 0.25) is 0 Å². The van der Waals surface area contributed by atoms with E-state index in [-0.39, 0.29) is 0 Å². The van der Waals surface area contributed by atoms with Gasteiger partial charge in [-0.15, -0.1) is 0 Å². The first-order valence-electron chi connectivity index (χ1n) is 14.3. The fraction of sp³-hybridized carbons (Fsp3) is 0. The number of anilines is 3. The number of hydrogen-bond donors (Lipinski definition) is 0. The van der Waals surface area contributed by atoms with E-state index in [4.69, 9.17) is 4.42 Å². The molecule has 2 heteroatoms. The number of fused-ring (bicyclic) bond motifs is 4. The van der Waals surface area contributed by atoms with Gasteiger partial charge in [-0.3, -0.25) is 0 Å². The quantitative estimate of drug-likeness (QED) is 0.217. The molecule has 0 unspecified atom stereocenters. The van der Waals surface area contributed by atoms with Gasteiger partial charge in [-0.05, 0) is 46.8 Å². The highest BCUT2D eigenvalue weighted by atomic mass is 16.3. The predicted octanol–water partition coefficient (Wildman–Crippen LogP) is 11.5. The third kappa shape index (κ3) is 4.05. The average molecular weight is 538 g/mol. The van der Waals surface area contributed by atoms with E-state index in [1.165, 1.54) is 10.8 Å². The molecule has 0 radical (unpaired) electrons. The lowest BCUT2D eigenvalue weighted by Crippen LogP contribution is -2.10. The van der Waals surface area contributed by atoms with E-state index < -0.39 is 0 Å². The normalized spacial score (nSPS) is 11.3. The second kappa shape index (κ2) is 10.1. The topological polar surface area (TPSA) is 16.4 Å². The molecule has 0 fully saturated rings. The molecule has 0 aliphatic rings. The maximum atomic E-state index is 6.74. The van der Waals surface area contributed by atoms with E-state index in [1.807, 2.05) is 6.07 Å². The van der Waals surface area contributed by atoms with Crippen molar-refractivity contribution in [3.8, 4) is 22.3 Å². The highest BCUT2D eigenvalue weighted by Crippen LogP contribution is 2.43. The van der Waals surface area contributed by atoms with Gasteiger partial charge in [0.1, 0.15) is 11.2 Å². The Labute approximate surface area is 244 Å². The Bertz CT molecular complexity index is 2190. The monoisotopic (exact) mass is 537 g/mol. The average Bonchev–Trinajstić information content (AvgIpc) is 3.45. The summed E-state index contributed by atoms with van der Waals surface area (Å²) < 4.78 is 6.74. The first-order valence-corrected chi connectivity index (χ1v) is 14.3. The van der Waals surface area contributed by atoms with Crippen molar-refractivity contribution in [3.05, 3.63) is 164 Å². The highest BCUT2D eigenvalue weighted by Gasteiger charge is 2.18. The van der Waals surface area contributed by atoms with Crippen molar-refractivity contribution < 1.29 is 4.42 Å². The summed E-state index contributed by atoms with van der Waals surface area (Å²) in [6.07, 6.45) is 0. The first-order chi connectivity index (χ1) is 20.8. The molecule has 8 aromatic rings. The van der Waals surface area contributed by atoms with Crippen LogP contribution in [0.1, 0.15) is 0 Å². The van der Waals surface area contributed by atoms with Crippen LogP contribution in [0.15, 0.2) is 168 Å². The fourth-order valence-electron chi connectivity index (χ4n) is 6.11. The lowest BCUT2D eigenvalue weighted by atomic mass is 9.99. The van der Waals surface area contributed by atoms with Crippen molar-refractivity contribution in [2.24, 2.45) is 0 Å². The summed E-state index contributed by atoms with van der Waals surface area (Å²) in [6, 6.07) is 57.8. The minimum atomic E-state index is 0.907. The van der Waals surface area contributed by atoms with Gasteiger partial charge in [-0.1, -0.05) is 133 Å². The number of rotatable bonds is 5. The lowest BCUT2D eigenvalue weighted by Gasteiger charge is -2.27. The number of benzene rings is 7. The fourth-order valence-corrected chi connectivity index (χ4v) is 6.11. The molecule has 0 atom stereocenters. The molecule has 7 aromatic carbocycles. The van der Waals surface area contributed by atoms with Gasteiger partial charge in [-0.2, -0.15) is 0 Å². The minimum absolute atomic E-state index is 0.907. The third-order valence-corrected chi connectivity index (χ3v) is 8.05. The predicted molar refractivity (Wildman–Crippen MR) is 177 cm³/mol. The van der Waals surface area contributed by atoms with E-state index in [0.29, 0.717) is 0 Å². The largest absolute Gasteiger partial charge is 0.455 e. The Hall–Kier alpha value is -5.60. The van der Waals surface area contributed by atoms with Crippen LogP contribution in [-0.4, -0.2) is 0 Å². The van der Waals surface area contributed by atoms with Crippen molar-refractivity contribution in [3.63, 3.8) is 0 Å². The molecule has 1 aromatic heterocycles. The number of nitrogens with zero attached hydrogens (tertiary/aromatic N) is 1. The van der Waals surface area contributed by atoms with Gasteiger partial charge in [0.2, 0.25) is 0 Å². The molecule has 0 aliphatic heterocycles. The first kappa shape index (κ1) is 24.2. The van der Waals surface area contributed by atoms with Gasteiger partial charge in [0.15, 0.2) is 0 Å². The summed E-state index contributed by atoms with van der Waals surface area (Å²) in [4.78, 5) is 2.35. The zero-order chi connectivity index (χ0) is 27.9. The number of para-hydroxylation sites is 3. The van der Waals surface area contributed by atoms with Crippen LogP contribution in [-0.2, 0) is 0 Å². The number of hydrogen-bond acceptors (Lipinski definition) is 2. The van der Waals surface area contributed by atoms with Gasteiger partial charge in [0, 0.05) is 38.7 Å². The van der Waals surface area contributed by atoms with E-state index >= 15 is 0 Å². The molecule has 0 saturated carbocycles. The molecule has 0 aliphatic carbocycles. The highest BCUT2D eigenvalue weighted by molar-refractivity contribution is 6.13. The van der Waals surface area contributed by atoms with Crippen molar-refractivity contribution >= 4 is 49.8 Å². The molecular weight excluding hydrogens is 510 g/mol. The van der Waals surface area contributed by atoms with Crippen LogP contribution < -0.4 is 4.90 Å². The summed E-state index contributed by atoms with van der Waals surface area (Å²) in [5.74, 6) is 0. The van der Waals surface area contributed by atoms with E-state index in [2.05, 4.69) is 163 Å². The molecule has 0 spiro atoms. The molecule has 2 nitrogen and oxygen atoms in total. The smallest absolute Gasteiger partial charge is 0.143 e. The SMILES string of the molecule is c1ccc(-c2cccc3c2oc2c(-c4cccc(N(c5ccccc5)c5cccc6ccccc56)c4)cccc23)cc1. The molecule has 0 saturated heterocycles. The summed E-state index contributed by atoms with van der Waals surface area (Å²) in [5, 5.41) is 4.68. The second-order valence-electron chi connectivity index (χ2n) is 10.6. The van der Waals surface area contributed by atoms with E-state index in [9.17, 15) is 0 Å². The third-order valence-electron chi connectivity index (χ3n) is 8.05. The standard InChI is InChI=1S/C40H27NO/c1-3-13-29(14-4-1)34-22-11-24-36-37-25-12-23-35(40(37)42-39(34)36)30-17-9-20-32(27-30)41(31-18-5-2-6-19-31)38-26-10-16-28-15-7-8-21-33(28)38/h1-27H. The molecule has 0 amide bonds.